The van der Waals surface area contributed by atoms with Crippen molar-refractivity contribution in [2.75, 3.05) is 0 Å². The number of aryl methyl sites for hydroxylation is 2. The smallest absolute Gasteiger partial charge is 0.0119 e. The van der Waals surface area contributed by atoms with Crippen molar-refractivity contribution >= 4 is 22.9 Å². The lowest BCUT2D eigenvalue weighted by Crippen LogP contribution is -1.91. The van der Waals surface area contributed by atoms with Gasteiger partial charge in [-0.25, -0.2) is 0 Å². The molecule has 0 aliphatic carbocycles. The van der Waals surface area contributed by atoms with E-state index in [9.17, 15) is 0 Å². The molecule has 0 saturated heterocycles. The Morgan fingerprint density at radius 2 is 1.81 bits per heavy atom. The van der Waals surface area contributed by atoms with Crippen molar-refractivity contribution in [3.63, 3.8) is 0 Å². The molecule has 0 atom stereocenters. The van der Waals surface area contributed by atoms with E-state index in [4.69, 9.17) is 0 Å². The van der Waals surface area contributed by atoms with Crippen LogP contribution < -0.4 is 0 Å². The molecular weight excluding hydrogens is 192 g/mol. The Bertz CT molecular complexity index is 574. The zero-order valence-electron chi connectivity index (χ0n) is 9.88. The summed E-state index contributed by atoms with van der Waals surface area (Å²) in [5, 5.41) is 2.61. The van der Waals surface area contributed by atoms with Gasteiger partial charge in [-0.1, -0.05) is 43.5 Å². The minimum Gasteiger partial charge on any atom is -0.0984 e. The minimum absolute atomic E-state index is 1.16. The maximum absolute atomic E-state index is 3.89. The van der Waals surface area contributed by atoms with Gasteiger partial charge < -0.3 is 0 Å². The summed E-state index contributed by atoms with van der Waals surface area (Å²) < 4.78 is 0. The SMILES string of the molecule is C=Cc1cc2cccc(C)c2c(C)c1C=C. The molecule has 0 spiro atoms. The topological polar surface area (TPSA) is 0 Å². The molecule has 16 heavy (non-hydrogen) atoms. The highest BCUT2D eigenvalue weighted by molar-refractivity contribution is 5.94. The lowest BCUT2D eigenvalue weighted by molar-refractivity contribution is 1.44. The highest BCUT2D eigenvalue weighted by Gasteiger charge is 2.07. The van der Waals surface area contributed by atoms with Crippen LogP contribution in [0.15, 0.2) is 37.4 Å². The zero-order chi connectivity index (χ0) is 11.7. The average Bonchev–Trinajstić information content (AvgIpc) is 2.28. The molecule has 0 heterocycles. The summed E-state index contributed by atoms with van der Waals surface area (Å²) >= 11 is 0. The summed E-state index contributed by atoms with van der Waals surface area (Å²) in [4.78, 5) is 0. The fraction of sp³-hybridized carbons (Fsp3) is 0.125. The fourth-order valence-electron chi connectivity index (χ4n) is 2.36. The third-order valence-corrected chi connectivity index (χ3v) is 3.13. The van der Waals surface area contributed by atoms with E-state index in [1.165, 1.54) is 27.5 Å². The van der Waals surface area contributed by atoms with Gasteiger partial charge >= 0.3 is 0 Å². The summed E-state index contributed by atoms with van der Waals surface area (Å²) in [6, 6.07) is 8.57. The maximum atomic E-state index is 3.89. The van der Waals surface area contributed by atoms with Crippen LogP contribution in [0.2, 0.25) is 0 Å². The Balaban J connectivity index is 2.99. The van der Waals surface area contributed by atoms with Crippen molar-refractivity contribution in [2.24, 2.45) is 0 Å². The zero-order valence-corrected chi connectivity index (χ0v) is 9.88. The summed E-state index contributed by atoms with van der Waals surface area (Å²) in [7, 11) is 0. The fourth-order valence-corrected chi connectivity index (χ4v) is 2.36. The van der Waals surface area contributed by atoms with Crippen molar-refractivity contribution in [1.29, 1.82) is 0 Å². The van der Waals surface area contributed by atoms with Gasteiger partial charge in [0.05, 0.1) is 0 Å². The molecule has 0 N–H and O–H groups in total. The molecule has 0 nitrogen and oxygen atoms in total. The number of hydrogen-bond donors (Lipinski definition) is 0. The molecule has 0 saturated carbocycles. The maximum Gasteiger partial charge on any atom is -0.0119 e. The van der Waals surface area contributed by atoms with Gasteiger partial charge in [0.1, 0.15) is 0 Å². The van der Waals surface area contributed by atoms with Crippen LogP contribution in [0.3, 0.4) is 0 Å². The van der Waals surface area contributed by atoms with Gasteiger partial charge in [0, 0.05) is 0 Å². The van der Waals surface area contributed by atoms with E-state index in [0.717, 1.165) is 5.56 Å². The van der Waals surface area contributed by atoms with Crippen molar-refractivity contribution in [3.8, 4) is 0 Å². The molecule has 0 aliphatic rings. The Hall–Kier alpha value is -1.82. The molecule has 0 radical (unpaired) electrons. The average molecular weight is 208 g/mol. The second kappa shape index (κ2) is 3.97. The summed E-state index contributed by atoms with van der Waals surface area (Å²) in [6.07, 6.45) is 3.81. The van der Waals surface area contributed by atoms with Crippen LogP contribution in [-0.4, -0.2) is 0 Å². The Morgan fingerprint density at radius 3 is 2.44 bits per heavy atom. The molecule has 0 fully saturated rings. The van der Waals surface area contributed by atoms with Crippen LogP contribution in [0, 0.1) is 13.8 Å². The summed E-state index contributed by atoms with van der Waals surface area (Å²) in [6.45, 7) is 12.1. The second-order valence-electron chi connectivity index (χ2n) is 4.09. The van der Waals surface area contributed by atoms with Crippen LogP contribution in [0.5, 0.6) is 0 Å². The van der Waals surface area contributed by atoms with Gasteiger partial charge in [-0.3, -0.25) is 0 Å². The van der Waals surface area contributed by atoms with E-state index in [1.54, 1.807) is 0 Å². The van der Waals surface area contributed by atoms with E-state index in [0.29, 0.717) is 0 Å². The standard InChI is InChI=1S/C16H16/c1-5-13-10-14-9-7-8-11(3)16(14)12(4)15(13)6-2/h5-10H,1-2H2,3-4H3. The molecule has 0 aromatic heterocycles. The first-order valence-electron chi connectivity index (χ1n) is 5.47. The van der Waals surface area contributed by atoms with Crippen molar-refractivity contribution < 1.29 is 0 Å². The first kappa shape index (κ1) is 10.7. The highest BCUT2D eigenvalue weighted by atomic mass is 14.1. The van der Waals surface area contributed by atoms with Gasteiger partial charge in [0.25, 0.3) is 0 Å². The van der Waals surface area contributed by atoms with E-state index in [-0.39, 0.29) is 0 Å². The number of benzene rings is 2. The van der Waals surface area contributed by atoms with Gasteiger partial charge in [-0.15, -0.1) is 0 Å². The van der Waals surface area contributed by atoms with E-state index in [1.807, 2.05) is 12.2 Å². The molecule has 0 heteroatoms. The van der Waals surface area contributed by atoms with E-state index < -0.39 is 0 Å². The Labute approximate surface area is 96.9 Å². The third-order valence-electron chi connectivity index (χ3n) is 3.13. The predicted octanol–water partition coefficient (Wildman–Crippen LogP) is 4.74. The van der Waals surface area contributed by atoms with Crippen LogP contribution in [0.25, 0.3) is 22.9 Å². The number of rotatable bonds is 2. The first-order chi connectivity index (χ1) is 7.69. The Morgan fingerprint density at radius 1 is 1.06 bits per heavy atom. The van der Waals surface area contributed by atoms with Gasteiger partial charge in [-0.2, -0.15) is 0 Å². The first-order valence-corrected chi connectivity index (χ1v) is 5.47. The molecule has 2 rings (SSSR count). The lowest BCUT2D eigenvalue weighted by atomic mass is 9.92. The van der Waals surface area contributed by atoms with Crippen molar-refractivity contribution in [3.05, 3.63) is 59.7 Å². The normalized spacial score (nSPS) is 10.4. The van der Waals surface area contributed by atoms with Gasteiger partial charge in [0.15, 0.2) is 0 Å². The van der Waals surface area contributed by atoms with Gasteiger partial charge in [0.2, 0.25) is 0 Å². The molecule has 80 valence electrons. The summed E-state index contributed by atoms with van der Waals surface area (Å²) in [5.74, 6) is 0. The number of fused-ring (bicyclic) bond motifs is 1. The Kier molecular flexibility index (Phi) is 2.66. The van der Waals surface area contributed by atoms with Crippen LogP contribution in [0.1, 0.15) is 22.3 Å². The van der Waals surface area contributed by atoms with E-state index >= 15 is 0 Å². The molecular formula is C16H16. The van der Waals surface area contributed by atoms with Crippen LogP contribution >= 0.6 is 0 Å². The van der Waals surface area contributed by atoms with Crippen LogP contribution in [-0.2, 0) is 0 Å². The monoisotopic (exact) mass is 208 g/mol. The molecule has 0 bridgehead atoms. The van der Waals surface area contributed by atoms with Crippen molar-refractivity contribution in [2.45, 2.75) is 13.8 Å². The minimum atomic E-state index is 1.16. The van der Waals surface area contributed by atoms with E-state index in [2.05, 4.69) is 51.3 Å². The molecule has 0 amide bonds. The van der Waals surface area contributed by atoms with Crippen LogP contribution in [0.4, 0.5) is 0 Å². The second-order valence-corrected chi connectivity index (χ2v) is 4.09. The largest absolute Gasteiger partial charge is 0.0984 e. The predicted molar refractivity (Wildman–Crippen MR) is 73.6 cm³/mol. The van der Waals surface area contributed by atoms with Gasteiger partial charge in [-0.05, 0) is 52.9 Å². The summed E-state index contributed by atoms with van der Waals surface area (Å²) in [5.41, 5.74) is 4.96. The third kappa shape index (κ3) is 1.47. The van der Waals surface area contributed by atoms with Crippen molar-refractivity contribution in [1.82, 2.24) is 0 Å². The molecule has 2 aromatic carbocycles. The molecule has 2 aromatic rings. The number of hydrogen-bond acceptors (Lipinski definition) is 0. The molecule has 0 aliphatic heterocycles. The lowest BCUT2D eigenvalue weighted by Gasteiger charge is -2.12. The highest BCUT2D eigenvalue weighted by Crippen LogP contribution is 2.29. The quantitative estimate of drug-likeness (QED) is 0.668. The molecule has 0 unspecified atom stereocenters.